The summed E-state index contributed by atoms with van der Waals surface area (Å²) in [4.78, 5) is 51.3. The van der Waals surface area contributed by atoms with Crippen LogP contribution in [0.25, 0.3) is 0 Å². The van der Waals surface area contributed by atoms with E-state index in [4.69, 9.17) is 14.2 Å². The zero-order valence-electron chi connectivity index (χ0n) is 23.2. The van der Waals surface area contributed by atoms with Crippen molar-refractivity contribution in [2.45, 2.75) is 69.9 Å². The molecule has 1 heterocycles. The number of hydrogen-bond donors (Lipinski definition) is 4. The Labute approximate surface area is 242 Å². The van der Waals surface area contributed by atoms with E-state index in [1.54, 1.807) is 5.32 Å². The fraction of sp³-hybridized carbons (Fsp3) is 0.448. The van der Waals surface area contributed by atoms with Gasteiger partial charge in [-0.2, -0.15) is 13.2 Å². The van der Waals surface area contributed by atoms with Crippen LogP contribution in [0.2, 0.25) is 0 Å². The molecule has 1 fully saturated rings. The molecule has 14 heteroatoms. The van der Waals surface area contributed by atoms with Gasteiger partial charge < -0.3 is 34.8 Å². The highest BCUT2D eigenvalue weighted by molar-refractivity contribution is 6.31. The third-order valence-corrected chi connectivity index (χ3v) is 8.20. The molecular weight excluding hydrogens is 579 g/mol. The van der Waals surface area contributed by atoms with Crippen molar-refractivity contribution in [2.24, 2.45) is 5.92 Å². The van der Waals surface area contributed by atoms with E-state index in [0.29, 0.717) is 0 Å². The standard InChI is InChI=1S/C29H28F3NO10/c1-10(34)12-7-14-20(17(8-12)43-18-9-15(23(35)11(2)42-18)33-28(40)29(30,31)32)27(39)22-21(25(14)37)24(36)13-5-4-6-16(41-3)19(13)26(22)38/h4-6,11-12,15,17-18,23,35,37,39H,7-9H2,1-3H3,(H,33,40)/t11?,12?,15?,17-,18?,23?/m0/s1. The number of halogens is 3. The van der Waals surface area contributed by atoms with Crippen LogP contribution in [0.3, 0.4) is 0 Å². The summed E-state index contributed by atoms with van der Waals surface area (Å²) in [5.41, 5.74) is -1.19. The first kappa shape index (κ1) is 30.4. The smallest absolute Gasteiger partial charge is 0.471 e. The zero-order chi connectivity index (χ0) is 31.5. The highest BCUT2D eigenvalue weighted by Gasteiger charge is 2.47. The number of aliphatic hydroxyl groups excluding tert-OH is 1. The van der Waals surface area contributed by atoms with Crippen molar-refractivity contribution in [1.82, 2.24) is 5.32 Å². The molecule has 43 heavy (non-hydrogen) atoms. The number of benzene rings is 2. The van der Waals surface area contributed by atoms with Crippen molar-refractivity contribution < 1.29 is 61.9 Å². The molecule has 1 aliphatic heterocycles. The Morgan fingerprint density at radius 2 is 1.72 bits per heavy atom. The van der Waals surface area contributed by atoms with Gasteiger partial charge in [-0.15, -0.1) is 0 Å². The number of alkyl halides is 3. The lowest BCUT2D eigenvalue weighted by atomic mass is 9.74. The molecule has 4 N–H and O–H groups in total. The predicted molar refractivity (Wildman–Crippen MR) is 139 cm³/mol. The number of ether oxygens (including phenoxy) is 3. The summed E-state index contributed by atoms with van der Waals surface area (Å²) in [6.45, 7) is 2.66. The minimum Gasteiger partial charge on any atom is -0.507 e. The van der Waals surface area contributed by atoms with Crippen LogP contribution in [0, 0.1) is 5.92 Å². The number of phenols is 2. The maximum absolute atomic E-state index is 13.7. The van der Waals surface area contributed by atoms with Crippen molar-refractivity contribution in [3.8, 4) is 17.2 Å². The number of Topliss-reactive ketones (excluding diaryl/α,β-unsaturated/α-hetero) is 1. The molecule has 0 bridgehead atoms. The van der Waals surface area contributed by atoms with Gasteiger partial charge in [0, 0.05) is 29.0 Å². The van der Waals surface area contributed by atoms with Gasteiger partial charge in [0.05, 0.1) is 42.0 Å². The van der Waals surface area contributed by atoms with E-state index in [1.165, 1.54) is 39.2 Å². The van der Waals surface area contributed by atoms with Crippen LogP contribution >= 0.6 is 0 Å². The molecule has 230 valence electrons. The van der Waals surface area contributed by atoms with Crippen molar-refractivity contribution >= 4 is 23.3 Å². The van der Waals surface area contributed by atoms with E-state index >= 15 is 0 Å². The fourth-order valence-corrected chi connectivity index (χ4v) is 6.03. The highest BCUT2D eigenvalue weighted by Crippen LogP contribution is 2.51. The van der Waals surface area contributed by atoms with E-state index in [-0.39, 0.29) is 46.6 Å². The number of ketones is 3. The lowest BCUT2D eigenvalue weighted by Gasteiger charge is -2.41. The third-order valence-electron chi connectivity index (χ3n) is 8.20. The second kappa shape index (κ2) is 10.9. The number of carbonyl (C=O) groups is 4. The minimum absolute atomic E-state index is 0.00832. The summed E-state index contributed by atoms with van der Waals surface area (Å²) >= 11 is 0. The second-order valence-corrected chi connectivity index (χ2v) is 10.8. The lowest BCUT2D eigenvalue weighted by Crippen LogP contribution is -2.57. The van der Waals surface area contributed by atoms with Crippen molar-refractivity contribution in [3.63, 3.8) is 0 Å². The molecule has 11 nitrogen and oxygen atoms in total. The largest absolute Gasteiger partial charge is 0.507 e. The normalized spacial score (nSPS) is 26.7. The van der Waals surface area contributed by atoms with E-state index in [0.717, 1.165) is 0 Å². The van der Waals surface area contributed by atoms with Gasteiger partial charge in [0.15, 0.2) is 12.1 Å². The van der Waals surface area contributed by atoms with Gasteiger partial charge in [-0.1, -0.05) is 12.1 Å². The van der Waals surface area contributed by atoms with Crippen LogP contribution in [-0.4, -0.2) is 76.4 Å². The second-order valence-electron chi connectivity index (χ2n) is 10.8. The highest BCUT2D eigenvalue weighted by atomic mass is 19.4. The lowest BCUT2D eigenvalue weighted by molar-refractivity contribution is -0.247. The number of rotatable bonds is 5. The molecule has 6 atom stereocenters. The van der Waals surface area contributed by atoms with Crippen molar-refractivity contribution in [2.75, 3.05) is 7.11 Å². The Kier molecular flexibility index (Phi) is 7.73. The van der Waals surface area contributed by atoms with Gasteiger partial charge in [-0.05, 0) is 32.8 Å². The quantitative estimate of drug-likeness (QED) is 0.317. The molecule has 5 rings (SSSR count). The third kappa shape index (κ3) is 5.12. The van der Waals surface area contributed by atoms with Crippen LogP contribution in [-0.2, 0) is 25.5 Å². The van der Waals surface area contributed by atoms with Gasteiger partial charge in [0.25, 0.3) is 0 Å². The van der Waals surface area contributed by atoms with Crippen LogP contribution in [0.1, 0.15) is 75.8 Å². The van der Waals surface area contributed by atoms with Gasteiger partial charge >= 0.3 is 12.1 Å². The molecular formula is C29H28F3NO10. The summed E-state index contributed by atoms with van der Waals surface area (Å²) in [6, 6.07) is 2.90. The number of aliphatic hydroxyl groups is 1. The fourth-order valence-electron chi connectivity index (χ4n) is 6.03. The summed E-state index contributed by atoms with van der Waals surface area (Å²) in [5, 5.41) is 35.0. The van der Waals surface area contributed by atoms with Crippen molar-refractivity contribution in [3.05, 3.63) is 51.6 Å². The van der Waals surface area contributed by atoms with Crippen LogP contribution < -0.4 is 10.1 Å². The maximum atomic E-state index is 13.7. The molecule has 0 aromatic heterocycles. The van der Waals surface area contributed by atoms with E-state index < -0.39 is 89.3 Å². The first-order valence-electron chi connectivity index (χ1n) is 13.4. The molecule has 2 aliphatic carbocycles. The summed E-state index contributed by atoms with van der Waals surface area (Å²) in [6.07, 6.45) is -11.0. The number of aromatic hydroxyl groups is 2. The summed E-state index contributed by atoms with van der Waals surface area (Å²) < 4.78 is 55.6. The molecule has 0 spiro atoms. The minimum atomic E-state index is -5.21. The average molecular weight is 608 g/mol. The number of amides is 1. The Bertz CT molecular complexity index is 1540. The Hall–Kier alpha value is -4.01. The van der Waals surface area contributed by atoms with Crippen LogP contribution in [0.4, 0.5) is 13.2 Å². The van der Waals surface area contributed by atoms with Gasteiger partial charge in [-0.3, -0.25) is 19.2 Å². The predicted octanol–water partition coefficient (Wildman–Crippen LogP) is 2.63. The molecule has 1 saturated heterocycles. The average Bonchev–Trinajstić information content (AvgIpc) is 2.94. The SMILES string of the molecule is COc1cccc2c1C(=O)c1c(O)c3c(c(O)c1C2=O)CC(C(C)=O)C[C@@H]3OC1CC(NC(=O)C(F)(F)F)C(O)C(C)O1. The molecule has 2 aromatic rings. The molecule has 3 aliphatic rings. The van der Waals surface area contributed by atoms with Crippen molar-refractivity contribution in [1.29, 1.82) is 0 Å². The molecule has 1 amide bonds. The van der Waals surface area contributed by atoms with E-state index in [9.17, 15) is 47.7 Å². The monoisotopic (exact) mass is 607 g/mol. The molecule has 2 aromatic carbocycles. The van der Waals surface area contributed by atoms with Crippen LogP contribution in [0.15, 0.2) is 18.2 Å². The zero-order valence-corrected chi connectivity index (χ0v) is 23.2. The summed E-state index contributed by atoms with van der Waals surface area (Å²) in [7, 11) is 1.30. The summed E-state index contributed by atoms with van der Waals surface area (Å²) in [5.74, 6) is -6.11. The number of carbonyl (C=O) groups excluding carboxylic acids is 4. The number of fused-ring (bicyclic) bond motifs is 3. The maximum Gasteiger partial charge on any atom is 0.471 e. The molecule has 0 saturated carbocycles. The number of phenolic OH excluding ortho intramolecular Hbond substituents is 2. The number of hydrogen-bond acceptors (Lipinski definition) is 10. The first-order valence-corrected chi connectivity index (χ1v) is 13.4. The van der Waals surface area contributed by atoms with E-state index in [1.807, 2.05) is 0 Å². The van der Waals surface area contributed by atoms with Gasteiger partial charge in [0.1, 0.15) is 29.1 Å². The van der Waals surface area contributed by atoms with Gasteiger partial charge in [-0.25, -0.2) is 0 Å². The Morgan fingerprint density at radius 1 is 1.05 bits per heavy atom. The Morgan fingerprint density at radius 3 is 2.35 bits per heavy atom. The van der Waals surface area contributed by atoms with E-state index in [2.05, 4.69) is 0 Å². The number of methoxy groups -OCH3 is 1. The van der Waals surface area contributed by atoms with Gasteiger partial charge in [0.2, 0.25) is 5.78 Å². The molecule has 0 radical (unpaired) electrons. The number of nitrogens with one attached hydrogen (secondary N) is 1. The topological polar surface area (TPSA) is 169 Å². The Balaban J connectivity index is 1.57. The van der Waals surface area contributed by atoms with Crippen LogP contribution in [0.5, 0.6) is 17.2 Å². The molecule has 5 unspecified atom stereocenters. The first-order chi connectivity index (χ1) is 20.1.